The fourth-order valence-corrected chi connectivity index (χ4v) is 1.82. The molecular formula is C11H6BrN4+. The molecule has 3 rings (SSSR count). The van der Waals surface area contributed by atoms with Crippen LogP contribution in [0.3, 0.4) is 0 Å². The summed E-state index contributed by atoms with van der Waals surface area (Å²) >= 11 is 3.34. The molecule has 0 saturated carbocycles. The summed E-state index contributed by atoms with van der Waals surface area (Å²) in [6.45, 7) is 0. The van der Waals surface area contributed by atoms with E-state index in [9.17, 15) is 0 Å². The first-order valence-corrected chi connectivity index (χ1v) is 5.47. The molecule has 0 aromatic carbocycles. The number of aliphatic imine (C=N–C) groups is 1. The lowest BCUT2D eigenvalue weighted by Gasteiger charge is -2.10. The molecule has 76 valence electrons. The van der Waals surface area contributed by atoms with Crippen LogP contribution in [-0.2, 0) is 0 Å². The number of nitrogens with zero attached hydrogens (tertiary/aromatic N) is 4. The lowest BCUT2D eigenvalue weighted by atomic mass is 10.1. The number of allylic oxidation sites excluding steroid dienone is 1. The van der Waals surface area contributed by atoms with Gasteiger partial charge in [-0.05, 0) is 18.2 Å². The predicted octanol–water partition coefficient (Wildman–Crippen LogP) is 2.07. The lowest BCUT2D eigenvalue weighted by Crippen LogP contribution is -2.23. The third kappa shape index (κ3) is 1.46. The Bertz CT molecular complexity index is 542. The molecule has 0 radical (unpaired) electrons. The number of amidine groups is 1. The Morgan fingerprint density at radius 3 is 2.81 bits per heavy atom. The van der Waals surface area contributed by atoms with Crippen molar-refractivity contribution in [2.45, 2.75) is 0 Å². The maximum atomic E-state index is 4.45. The second-order valence-electron chi connectivity index (χ2n) is 3.24. The van der Waals surface area contributed by atoms with E-state index in [1.807, 2.05) is 24.3 Å². The Labute approximate surface area is 101 Å². The zero-order chi connectivity index (χ0) is 11.0. The van der Waals surface area contributed by atoms with Crippen LogP contribution in [0.4, 0.5) is 0 Å². The molecule has 2 aliphatic rings. The van der Waals surface area contributed by atoms with Crippen molar-refractivity contribution >= 4 is 27.5 Å². The molecule has 3 heterocycles. The van der Waals surface area contributed by atoms with Gasteiger partial charge in [-0.2, -0.15) is 0 Å². The molecule has 0 fully saturated rings. The van der Waals surface area contributed by atoms with Gasteiger partial charge in [0.15, 0.2) is 0 Å². The molecule has 0 saturated heterocycles. The van der Waals surface area contributed by atoms with Crippen molar-refractivity contribution in [1.29, 1.82) is 0 Å². The molecule has 0 aliphatic carbocycles. The molecule has 0 atom stereocenters. The first-order valence-electron chi connectivity index (χ1n) is 4.68. The van der Waals surface area contributed by atoms with E-state index in [1.54, 1.807) is 17.4 Å². The summed E-state index contributed by atoms with van der Waals surface area (Å²) in [5, 5.41) is 6.16. The van der Waals surface area contributed by atoms with E-state index in [0.717, 1.165) is 21.7 Å². The van der Waals surface area contributed by atoms with E-state index in [1.165, 1.54) is 0 Å². The molecule has 0 bridgehead atoms. The fraction of sp³-hybridized carbons (Fsp3) is 0. The van der Waals surface area contributed by atoms with Crippen molar-refractivity contribution in [1.82, 2.24) is 9.99 Å². The van der Waals surface area contributed by atoms with Gasteiger partial charge < -0.3 is 0 Å². The number of aromatic nitrogens is 1. The lowest BCUT2D eigenvalue weighted by molar-refractivity contribution is 0.605. The minimum atomic E-state index is 0.721. The van der Waals surface area contributed by atoms with Crippen molar-refractivity contribution in [3.63, 3.8) is 0 Å². The van der Waals surface area contributed by atoms with Crippen molar-refractivity contribution in [3.05, 3.63) is 53.0 Å². The highest BCUT2D eigenvalue weighted by molar-refractivity contribution is 9.11. The van der Waals surface area contributed by atoms with Gasteiger partial charge in [-0.25, -0.2) is 0 Å². The van der Waals surface area contributed by atoms with Crippen LogP contribution in [-0.4, -0.2) is 21.5 Å². The number of halogens is 1. The summed E-state index contributed by atoms with van der Waals surface area (Å²) in [5.74, 6) is 0.768. The number of hydrogen-bond donors (Lipinski definition) is 0. The zero-order valence-corrected chi connectivity index (χ0v) is 9.72. The van der Waals surface area contributed by atoms with Gasteiger partial charge in [0, 0.05) is 38.9 Å². The normalized spacial score (nSPS) is 17.3. The van der Waals surface area contributed by atoms with Crippen molar-refractivity contribution in [3.8, 4) is 0 Å². The molecule has 2 aliphatic heterocycles. The van der Waals surface area contributed by atoms with Gasteiger partial charge in [0.05, 0.1) is 11.8 Å². The van der Waals surface area contributed by atoms with Gasteiger partial charge in [0.2, 0.25) is 0 Å². The standard InChI is InChI=1S/C11H6BrN4/c12-10-7-14-11-2-1-9(15-16(10)11)8-3-5-13-6-4-8/h1-6H/q+1. The van der Waals surface area contributed by atoms with Gasteiger partial charge in [0.1, 0.15) is 0 Å². The van der Waals surface area contributed by atoms with Gasteiger partial charge in [-0.15, -0.1) is 5.10 Å². The number of rotatable bonds is 1. The molecular weight excluding hydrogens is 268 g/mol. The van der Waals surface area contributed by atoms with E-state index in [-0.39, 0.29) is 0 Å². The number of pyridine rings is 1. The van der Waals surface area contributed by atoms with E-state index in [2.05, 4.69) is 37.2 Å². The highest BCUT2D eigenvalue weighted by Gasteiger charge is 2.32. The third-order valence-electron chi connectivity index (χ3n) is 2.24. The Morgan fingerprint density at radius 1 is 1.19 bits per heavy atom. The first kappa shape index (κ1) is 9.39. The first-order chi connectivity index (χ1) is 7.84. The Hall–Kier alpha value is -1.84. The van der Waals surface area contributed by atoms with Crippen LogP contribution in [0.2, 0.25) is 0 Å². The van der Waals surface area contributed by atoms with Crippen molar-refractivity contribution in [2.24, 2.45) is 10.1 Å². The second-order valence-corrected chi connectivity index (χ2v) is 3.99. The SMILES string of the molecule is BrC1=[C+]N=C2C=CC(c3ccncc3)=NN12. The Balaban J connectivity index is 2.00. The van der Waals surface area contributed by atoms with E-state index in [4.69, 9.17) is 0 Å². The summed E-state index contributed by atoms with van der Waals surface area (Å²) in [6, 6.07) is 3.84. The molecule has 16 heavy (non-hydrogen) atoms. The summed E-state index contributed by atoms with van der Waals surface area (Å²) in [6.07, 6.45) is 10.1. The van der Waals surface area contributed by atoms with Crippen LogP contribution in [0.15, 0.2) is 51.4 Å². The van der Waals surface area contributed by atoms with Crippen LogP contribution in [0.5, 0.6) is 0 Å². The van der Waals surface area contributed by atoms with Gasteiger partial charge in [-0.3, -0.25) is 4.98 Å². The smallest absolute Gasteiger partial charge is 0.265 e. The highest BCUT2D eigenvalue weighted by atomic mass is 79.9. The average molecular weight is 274 g/mol. The monoisotopic (exact) mass is 273 g/mol. The summed E-state index contributed by atoms with van der Waals surface area (Å²) < 4.78 is 0.721. The van der Waals surface area contributed by atoms with Crippen LogP contribution < -0.4 is 0 Å². The van der Waals surface area contributed by atoms with Gasteiger partial charge >= 0.3 is 5.84 Å². The minimum Gasteiger partial charge on any atom is -0.265 e. The summed E-state index contributed by atoms with van der Waals surface area (Å²) in [7, 11) is 0. The van der Waals surface area contributed by atoms with Crippen LogP contribution >= 0.6 is 15.9 Å². The molecule has 5 heteroatoms. The minimum absolute atomic E-state index is 0.721. The van der Waals surface area contributed by atoms with Gasteiger partial charge in [0.25, 0.3) is 10.8 Å². The quantitative estimate of drug-likeness (QED) is 0.581. The number of fused-ring (bicyclic) bond motifs is 1. The van der Waals surface area contributed by atoms with Crippen molar-refractivity contribution < 1.29 is 0 Å². The molecule has 4 nitrogen and oxygen atoms in total. The molecule has 0 unspecified atom stereocenters. The zero-order valence-electron chi connectivity index (χ0n) is 8.13. The largest absolute Gasteiger partial charge is 0.308 e. The highest BCUT2D eigenvalue weighted by Crippen LogP contribution is 2.23. The Morgan fingerprint density at radius 2 is 2.00 bits per heavy atom. The Kier molecular flexibility index (Phi) is 2.13. The summed E-state index contributed by atoms with van der Waals surface area (Å²) in [5.41, 5.74) is 1.90. The average Bonchev–Trinajstić information content (AvgIpc) is 2.72. The predicted molar refractivity (Wildman–Crippen MR) is 64.9 cm³/mol. The van der Waals surface area contributed by atoms with Gasteiger partial charge in [-0.1, -0.05) is 5.01 Å². The molecule has 1 aromatic rings. The second kappa shape index (κ2) is 3.63. The van der Waals surface area contributed by atoms with Crippen LogP contribution in [0.25, 0.3) is 0 Å². The maximum Gasteiger partial charge on any atom is 0.308 e. The van der Waals surface area contributed by atoms with E-state index >= 15 is 0 Å². The maximum absolute atomic E-state index is 4.45. The van der Waals surface area contributed by atoms with Crippen molar-refractivity contribution in [2.75, 3.05) is 0 Å². The topological polar surface area (TPSA) is 40.9 Å². The molecule has 0 amide bonds. The molecule has 1 aromatic heterocycles. The molecule has 0 N–H and O–H groups in total. The third-order valence-corrected chi connectivity index (χ3v) is 2.75. The number of hydrazone groups is 1. The van der Waals surface area contributed by atoms with Crippen LogP contribution in [0, 0.1) is 6.20 Å². The molecule has 0 spiro atoms. The summed E-state index contributed by atoms with van der Waals surface area (Å²) in [4.78, 5) is 8.05. The van der Waals surface area contributed by atoms with Crippen LogP contribution in [0.1, 0.15) is 5.56 Å². The van der Waals surface area contributed by atoms with E-state index < -0.39 is 0 Å². The van der Waals surface area contributed by atoms with E-state index in [0.29, 0.717) is 0 Å². The fourth-order valence-electron chi connectivity index (χ4n) is 1.47. The number of hydrogen-bond acceptors (Lipinski definition) is 4.